The van der Waals surface area contributed by atoms with Crippen molar-refractivity contribution < 1.29 is 4.52 Å². The lowest BCUT2D eigenvalue weighted by atomic mass is 10.1. The molecule has 5 nitrogen and oxygen atoms in total. The molecule has 112 valence electrons. The third kappa shape index (κ3) is 2.83. The molecule has 3 aromatic rings. The topological polar surface area (TPSA) is 60.9 Å². The van der Waals surface area contributed by atoms with Gasteiger partial charge in [-0.1, -0.05) is 35.5 Å². The van der Waals surface area contributed by atoms with Crippen molar-refractivity contribution in [2.24, 2.45) is 0 Å². The van der Waals surface area contributed by atoms with Crippen molar-refractivity contribution in [3.8, 4) is 11.3 Å². The second-order valence-corrected chi connectivity index (χ2v) is 5.21. The van der Waals surface area contributed by atoms with Gasteiger partial charge in [-0.2, -0.15) is 5.10 Å². The number of benzene rings is 1. The predicted octanol–water partition coefficient (Wildman–Crippen LogP) is 2.76. The minimum Gasteiger partial charge on any atom is -0.361 e. The number of hydrogen-bond acceptors (Lipinski definition) is 4. The van der Waals surface area contributed by atoms with E-state index in [9.17, 15) is 4.79 Å². The minimum atomic E-state index is -0.105. The summed E-state index contributed by atoms with van der Waals surface area (Å²) in [4.78, 5) is 12.0. The molecule has 0 bridgehead atoms. The first-order valence-electron chi connectivity index (χ1n) is 7.20. The van der Waals surface area contributed by atoms with Gasteiger partial charge >= 0.3 is 0 Å². The maximum Gasteiger partial charge on any atom is 0.266 e. The summed E-state index contributed by atoms with van der Waals surface area (Å²) in [7, 11) is 0. The molecule has 0 unspecified atom stereocenters. The lowest BCUT2D eigenvalue weighted by Crippen LogP contribution is -2.23. The van der Waals surface area contributed by atoms with Gasteiger partial charge in [-0.15, -0.1) is 0 Å². The average Bonchev–Trinajstić information content (AvgIpc) is 2.87. The molecular formula is C17H17N3O2. The van der Waals surface area contributed by atoms with Gasteiger partial charge in [0.2, 0.25) is 0 Å². The number of nitrogens with zero attached hydrogens (tertiary/aromatic N) is 3. The Hall–Kier alpha value is -2.69. The molecule has 0 saturated carbocycles. The summed E-state index contributed by atoms with van der Waals surface area (Å²) in [6.07, 6.45) is 0.763. The largest absolute Gasteiger partial charge is 0.361 e. The fourth-order valence-corrected chi connectivity index (χ4v) is 2.47. The molecule has 0 aliphatic rings. The van der Waals surface area contributed by atoms with Crippen LogP contribution in [0.3, 0.4) is 0 Å². The Morgan fingerprint density at radius 3 is 2.55 bits per heavy atom. The van der Waals surface area contributed by atoms with Gasteiger partial charge in [0.25, 0.3) is 5.56 Å². The molecule has 0 aliphatic carbocycles. The van der Waals surface area contributed by atoms with Crippen LogP contribution in [-0.2, 0) is 13.0 Å². The molecule has 3 rings (SSSR count). The van der Waals surface area contributed by atoms with E-state index in [1.54, 1.807) is 12.1 Å². The Morgan fingerprint density at radius 1 is 1.09 bits per heavy atom. The summed E-state index contributed by atoms with van der Waals surface area (Å²) in [6.45, 7) is 4.25. The van der Waals surface area contributed by atoms with E-state index in [0.29, 0.717) is 18.0 Å². The van der Waals surface area contributed by atoms with Crippen LogP contribution in [0.15, 0.2) is 51.8 Å². The predicted molar refractivity (Wildman–Crippen MR) is 83.6 cm³/mol. The molecule has 1 aromatic carbocycles. The quantitative estimate of drug-likeness (QED) is 0.742. The van der Waals surface area contributed by atoms with Crippen molar-refractivity contribution in [3.05, 3.63) is 69.8 Å². The first-order valence-corrected chi connectivity index (χ1v) is 7.20. The first-order chi connectivity index (χ1) is 10.6. The van der Waals surface area contributed by atoms with Crippen LogP contribution >= 0.6 is 0 Å². The normalized spacial score (nSPS) is 10.8. The van der Waals surface area contributed by atoms with Gasteiger partial charge in [0.1, 0.15) is 5.76 Å². The van der Waals surface area contributed by atoms with Crippen molar-refractivity contribution in [1.29, 1.82) is 0 Å². The highest BCUT2D eigenvalue weighted by Gasteiger charge is 2.13. The molecule has 0 aliphatic heterocycles. The summed E-state index contributed by atoms with van der Waals surface area (Å²) in [5.74, 6) is 0.707. The maximum absolute atomic E-state index is 12.0. The van der Waals surface area contributed by atoms with Crippen molar-refractivity contribution in [1.82, 2.24) is 14.9 Å². The Bertz CT molecular complexity index is 815. The van der Waals surface area contributed by atoms with Crippen LogP contribution < -0.4 is 5.56 Å². The fraction of sp³-hybridized carbons (Fsp3) is 0.235. The Balaban J connectivity index is 1.89. The third-order valence-electron chi connectivity index (χ3n) is 3.61. The number of aryl methyl sites for hydroxylation is 4. The van der Waals surface area contributed by atoms with E-state index in [-0.39, 0.29) is 5.56 Å². The SMILES string of the molecule is Cc1noc(C)c1-c1ccc(=O)n(CCc2ccccc2)n1. The standard InChI is InChI=1S/C17H17N3O2/c1-12-17(13(2)22-19-12)15-8-9-16(21)20(18-15)11-10-14-6-4-3-5-7-14/h3-9H,10-11H2,1-2H3. The van der Waals surface area contributed by atoms with E-state index in [1.807, 2.05) is 44.2 Å². The second-order valence-electron chi connectivity index (χ2n) is 5.21. The van der Waals surface area contributed by atoms with Crippen LogP contribution in [0.1, 0.15) is 17.0 Å². The fourth-order valence-electron chi connectivity index (χ4n) is 2.47. The molecule has 0 fully saturated rings. The zero-order valence-corrected chi connectivity index (χ0v) is 12.6. The van der Waals surface area contributed by atoms with Gasteiger partial charge in [0.15, 0.2) is 0 Å². The lowest BCUT2D eigenvalue weighted by molar-refractivity contribution is 0.393. The highest BCUT2D eigenvalue weighted by molar-refractivity contribution is 5.62. The molecule has 5 heteroatoms. The van der Waals surface area contributed by atoms with Crippen LogP contribution in [0.25, 0.3) is 11.3 Å². The monoisotopic (exact) mass is 295 g/mol. The van der Waals surface area contributed by atoms with Gasteiger partial charge in [-0.3, -0.25) is 4.79 Å². The molecule has 0 N–H and O–H groups in total. The number of hydrogen-bond donors (Lipinski definition) is 0. The van der Waals surface area contributed by atoms with E-state index < -0.39 is 0 Å². The Labute approximate surface area is 128 Å². The van der Waals surface area contributed by atoms with E-state index in [4.69, 9.17) is 4.52 Å². The van der Waals surface area contributed by atoms with E-state index >= 15 is 0 Å². The van der Waals surface area contributed by atoms with Gasteiger partial charge in [0.05, 0.1) is 17.0 Å². The minimum absolute atomic E-state index is 0.105. The summed E-state index contributed by atoms with van der Waals surface area (Å²) in [5.41, 5.74) is 3.42. The molecule has 0 spiro atoms. The van der Waals surface area contributed by atoms with Crippen molar-refractivity contribution >= 4 is 0 Å². The van der Waals surface area contributed by atoms with E-state index in [1.165, 1.54) is 10.2 Å². The molecule has 0 radical (unpaired) electrons. The highest BCUT2D eigenvalue weighted by Crippen LogP contribution is 2.23. The first kappa shape index (κ1) is 14.3. The van der Waals surface area contributed by atoms with Crippen LogP contribution in [0.2, 0.25) is 0 Å². The lowest BCUT2D eigenvalue weighted by Gasteiger charge is -2.07. The van der Waals surface area contributed by atoms with Crippen LogP contribution in [0.5, 0.6) is 0 Å². The van der Waals surface area contributed by atoms with Crippen LogP contribution in [0.4, 0.5) is 0 Å². The molecule has 2 heterocycles. The maximum atomic E-state index is 12.0. The average molecular weight is 295 g/mol. The zero-order chi connectivity index (χ0) is 15.5. The number of aromatic nitrogens is 3. The van der Waals surface area contributed by atoms with Crippen molar-refractivity contribution in [3.63, 3.8) is 0 Å². The summed E-state index contributed by atoms with van der Waals surface area (Å²) < 4.78 is 6.67. The summed E-state index contributed by atoms with van der Waals surface area (Å²) >= 11 is 0. The van der Waals surface area contributed by atoms with Crippen LogP contribution in [-0.4, -0.2) is 14.9 Å². The highest BCUT2D eigenvalue weighted by atomic mass is 16.5. The summed E-state index contributed by atoms with van der Waals surface area (Å²) in [6, 6.07) is 13.3. The van der Waals surface area contributed by atoms with E-state index in [2.05, 4.69) is 10.3 Å². The molecule has 0 atom stereocenters. The van der Waals surface area contributed by atoms with Crippen molar-refractivity contribution in [2.75, 3.05) is 0 Å². The Morgan fingerprint density at radius 2 is 1.86 bits per heavy atom. The van der Waals surface area contributed by atoms with E-state index in [0.717, 1.165) is 17.7 Å². The third-order valence-corrected chi connectivity index (χ3v) is 3.61. The smallest absolute Gasteiger partial charge is 0.266 e. The van der Waals surface area contributed by atoms with Crippen LogP contribution in [0, 0.1) is 13.8 Å². The molecule has 0 amide bonds. The molecular weight excluding hydrogens is 278 g/mol. The summed E-state index contributed by atoms with van der Waals surface area (Å²) in [5, 5.41) is 8.39. The Kier molecular flexibility index (Phi) is 3.87. The zero-order valence-electron chi connectivity index (χ0n) is 12.6. The molecule has 2 aromatic heterocycles. The second kappa shape index (κ2) is 5.97. The number of rotatable bonds is 4. The van der Waals surface area contributed by atoms with Crippen molar-refractivity contribution in [2.45, 2.75) is 26.8 Å². The van der Waals surface area contributed by atoms with Gasteiger partial charge in [-0.25, -0.2) is 4.68 Å². The van der Waals surface area contributed by atoms with Gasteiger partial charge in [0, 0.05) is 12.6 Å². The van der Waals surface area contributed by atoms with Gasteiger partial charge in [-0.05, 0) is 31.9 Å². The molecule has 22 heavy (non-hydrogen) atoms. The molecule has 0 saturated heterocycles. The van der Waals surface area contributed by atoms with Gasteiger partial charge < -0.3 is 4.52 Å².